The maximum atomic E-state index is 12.5. The summed E-state index contributed by atoms with van der Waals surface area (Å²) in [4.78, 5) is 26.6. The van der Waals surface area contributed by atoms with E-state index in [4.69, 9.17) is 16.3 Å². The van der Waals surface area contributed by atoms with Gasteiger partial charge in [-0.3, -0.25) is 9.59 Å². The Morgan fingerprint density at radius 1 is 1.04 bits per heavy atom. The summed E-state index contributed by atoms with van der Waals surface area (Å²) in [5, 5.41) is 3.44. The number of halogens is 1. The van der Waals surface area contributed by atoms with E-state index in [1.807, 2.05) is 18.2 Å². The Hall–Kier alpha value is -2.37. The number of carbonyl (C=O) groups is 2. The van der Waals surface area contributed by atoms with Gasteiger partial charge in [-0.1, -0.05) is 35.9 Å². The lowest BCUT2D eigenvalue weighted by Gasteiger charge is -2.27. The van der Waals surface area contributed by atoms with Gasteiger partial charge < -0.3 is 15.0 Å². The van der Waals surface area contributed by atoms with Crippen molar-refractivity contribution < 1.29 is 14.3 Å². The molecule has 0 bridgehead atoms. The van der Waals surface area contributed by atoms with E-state index in [1.165, 1.54) is 0 Å². The molecule has 2 aromatic carbocycles. The maximum absolute atomic E-state index is 12.5. The van der Waals surface area contributed by atoms with Gasteiger partial charge in [0.15, 0.2) is 0 Å². The fourth-order valence-corrected chi connectivity index (χ4v) is 2.86. The van der Waals surface area contributed by atoms with Gasteiger partial charge in [-0.15, -0.1) is 0 Å². The number of morpholine rings is 1. The third-order valence-corrected chi connectivity index (χ3v) is 4.44. The highest BCUT2D eigenvalue weighted by Gasteiger charge is 2.19. The number of hydrogen-bond acceptors (Lipinski definition) is 3. The standard InChI is InChI=1S/C19H19ClN2O3/c20-17-7-2-1-4-16(17)13-21-18(23)14-5-3-6-15(12-14)19(24)22-8-10-25-11-9-22/h1-7,12H,8-11,13H2,(H,21,23). The molecule has 0 aromatic heterocycles. The van der Waals surface area contributed by atoms with Crippen LogP contribution < -0.4 is 5.32 Å². The number of amides is 2. The van der Waals surface area contributed by atoms with Crippen LogP contribution >= 0.6 is 11.6 Å². The van der Waals surface area contributed by atoms with Crippen LogP contribution in [0.15, 0.2) is 48.5 Å². The zero-order valence-electron chi connectivity index (χ0n) is 13.7. The highest BCUT2D eigenvalue weighted by atomic mass is 35.5. The summed E-state index contributed by atoms with van der Waals surface area (Å²) in [6.07, 6.45) is 0. The number of carbonyl (C=O) groups excluding carboxylic acids is 2. The third-order valence-electron chi connectivity index (χ3n) is 4.07. The zero-order chi connectivity index (χ0) is 17.6. The highest BCUT2D eigenvalue weighted by molar-refractivity contribution is 6.31. The van der Waals surface area contributed by atoms with Gasteiger partial charge in [-0.25, -0.2) is 0 Å². The van der Waals surface area contributed by atoms with Crippen LogP contribution in [-0.2, 0) is 11.3 Å². The van der Waals surface area contributed by atoms with E-state index >= 15 is 0 Å². The Morgan fingerprint density at radius 2 is 1.76 bits per heavy atom. The molecule has 0 radical (unpaired) electrons. The predicted octanol–water partition coefficient (Wildman–Crippen LogP) is 2.74. The molecule has 5 nitrogen and oxygen atoms in total. The van der Waals surface area contributed by atoms with Crippen LogP contribution in [0.5, 0.6) is 0 Å². The summed E-state index contributed by atoms with van der Waals surface area (Å²) in [5.74, 6) is -0.319. The number of nitrogens with one attached hydrogen (secondary N) is 1. The lowest BCUT2D eigenvalue weighted by atomic mass is 10.1. The van der Waals surface area contributed by atoms with Crippen LogP contribution in [0.1, 0.15) is 26.3 Å². The van der Waals surface area contributed by atoms with Crippen LogP contribution in [0.4, 0.5) is 0 Å². The first kappa shape index (κ1) is 17.5. The fraction of sp³-hybridized carbons (Fsp3) is 0.263. The predicted molar refractivity (Wildman–Crippen MR) is 95.8 cm³/mol. The fourth-order valence-electron chi connectivity index (χ4n) is 2.66. The van der Waals surface area contributed by atoms with Gasteiger partial charge in [-0.05, 0) is 29.8 Å². The summed E-state index contributed by atoms with van der Waals surface area (Å²) in [6.45, 7) is 2.57. The Labute approximate surface area is 151 Å². The molecule has 1 N–H and O–H groups in total. The second-order valence-electron chi connectivity index (χ2n) is 5.76. The quantitative estimate of drug-likeness (QED) is 0.914. The van der Waals surface area contributed by atoms with Crippen molar-refractivity contribution in [3.63, 3.8) is 0 Å². The van der Waals surface area contributed by atoms with E-state index < -0.39 is 0 Å². The monoisotopic (exact) mass is 358 g/mol. The lowest BCUT2D eigenvalue weighted by Crippen LogP contribution is -2.40. The molecule has 130 valence electrons. The minimum Gasteiger partial charge on any atom is -0.378 e. The molecule has 2 aromatic rings. The first-order valence-corrected chi connectivity index (χ1v) is 8.51. The van der Waals surface area contributed by atoms with Crippen LogP contribution in [0.2, 0.25) is 5.02 Å². The van der Waals surface area contributed by atoms with Crippen molar-refractivity contribution in [3.8, 4) is 0 Å². The Balaban J connectivity index is 1.67. The molecule has 0 unspecified atom stereocenters. The van der Waals surface area contributed by atoms with Gasteiger partial charge in [0.25, 0.3) is 11.8 Å². The van der Waals surface area contributed by atoms with Crippen molar-refractivity contribution in [2.45, 2.75) is 6.54 Å². The molecule has 1 heterocycles. The van der Waals surface area contributed by atoms with Crippen molar-refractivity contribution in [2.24, 2.45) is 0 Å². The van der Waals surface area contributed by atoms with Gasteiger partial charge in [0.2, 0.25) is 0 Å². The van der Waals surface area contributed by atoms with Crippen molar-refractivity contribution in [1.82, 2.24) is 10.2 Å². The average Bonchev–Trinajstić information content (AvgIpc) is 2.67. The molecule has 0 atom stereocenters. The SMILES string of the molecule is O=C(NCc1ccccc1Cl)c1cccc(C(=O)N2CCOCC2)c1. The summed E-state index contributed by atoms with van der Waals surface area (Å²) < 4.78 is 5.26. The van der Waals surface area contributed by atoms with Crippen molar-refractivity contribution in [3.05, 3.63) is 70.2 Å². The van der Waals surface area contributed by atoms with Gasteiger partial charge in [0, 0.05) is 35.8 Å². The van der Waals surface area contributed by atoms with Gasteiger partial charge in [0.1, 0.15) is 0 Å². The van der Waals surface area contributed by atoms with E-state index in [0.717, 1.165) is 5.56 Å². The normalized spacial score (nSPS) is 14.2. The maximum Gasteiger partial charge on any atom is 0.254 e. The minimum atomic E-state index is -0.239. The molecular weight excluding hydrogens is 340 g/mol. The van der Waals surface area contributed by atoms with Crippen molar-refractivity contribution >= 4 is 23.4 Å². The van der Waals surface area contributed by atoms with E-state index in [9.17, 15) is 9.59 Å². The molecule has 1 fully saturated rings. The summed E-state index contributed by atoms with van der Waals surface area (Å²) in [5.41, 5.74) is 1.80. The molecular formula is C19H19ClN2O3. The molecule has 3 rings (SSSR count). The molecule has 0 aliphatic carbocycles. The molecule has 25 heavy (non-hydrogen) atoms. The second-order valence-corrected chi connectivity index (χ2v) is 6.17. The second kappa shape index (κ2) is 8.14. The van der Waals surface area contributed by atoms with E-state index in [1.54, 1.807) is 35.2 Å². The Bertz CT molecular complexity index is 773. The Morgan fingerprint density at radius 3 is 2.52 bits per heavy atom. The van der Waals surface area contributed by atoms with Crippen LogP contribution in [0.3, 0.4) is 0 Å². The summed E-state index contributed by atoms with van der Waals surface area (Å²) in [6, 6.07) is 14.1. The summed E-state index contributed by atoms with van der Waals surface area (Å²) in [7, 11) is 0. The molecule has 1 aliphatic heterocycles. The van der Waals surface area contributed by atoms with Gasteiger partial charge in [-0.2, -0.15) is 0 Å². The first-order valence-electron chi connectivity index (χ1n) is 8.14. The van der Waals surface area contributed by atoms with Crippen molar-refractivity contribution in [1.29, 1.82) is 0 Å². The van der Waals surface area contributed by atoms with Crippen molar-refractivity contribution in [2.75, 3.05) is 26.3 Å². The largest absolute Gasteiger partial charge is 0.378 e. The van der Waals surface area contributed by atoms with E-state index in [-0.39, 0.29) is 11.8 Å². The summed E-state index contributed by atoms with van der Waals surface area (Å²) >= 11 is 6.09. The highest BCUT2D eigenvalue weighted by Crippen LogP contribution is 2.15. The van der Waals surface area contributed by atoms with Crippen LogP contribution in [0.25, 0.3) is 0 Å². The number of benzene rings is 2. The minimum absolute atomic E-state index is 0.0796. The van der Waals surface area contributed by atoms with Crippen LogP contribution in [0, 0.1) is 0 Å². The molecule has 6 heteroatoms. The van der Waals surface area contributed by atoms with E-state index in [0.29, 0.717) is 49.0 Å². The molecule has 0 saturated carbocycles. The molecule has 0 spiro atoms. The number of hydrogen-bond donors (Lipinski definition) is 1. The van der Waals surface area contributed by atoms with E-state index in [2.05, 4.69) is 5.32 Å². The van der Waals surface area contributed by atoms with Gasteiger partial charge >= 0.3 is 0 Å². The van der Waals surface area contributed by atoms with Gasteiger partial charge in [0.05, 0.1) is 13.2 Å². The number of rotatable bonds is 4. The smallest absolute Gasteiger partial charge is 0.254 e. The molecule has 1 aliphatic rings. The Kier molecular flexibility index (Phi) is 5.68. The topological polar surface area (TPSA) is 58.6 Å². The number of ether oxygens (including phenoxy) is 1. The number of nitrogens with zero attached hydrogens (tertiary/aromatic N) is 1. The first-order chi connectivity index (χ1) is 12.1. The van der Waals surface area contributed by atoms with Crippen LogP contribution in [-0.4, -0.2) is 43.0 Å². The third kappa shape index (κ3) is 4.38. The molecule has 2 amide bonds. The average molecular weight is 359 g/mol. The lowest BCUT2D eigenvalue weighted by molar-refractivity contribution is 0.0303. The zero-order valence-corrected chi connectivity index (χ0v) is 14.5. The molecule has 1 saturated heterocycles.